The standard InChI is InChI=1S/C14H13N3O5S/c1-8-15-6-12(23-8)7-16-13(18)9-3-10(14(19)22-2)5-11(4-9)17(20)21/h3-6H,7H2,1-2H3,(H,16,18). The van der Waals surface area contributed by atoms with Gasteiger partial charge in [0.05, 0.1) is 29.1 Å². The van der Waals surface area contributed by atoms with E-state index in [9.17, 15) is 19.7 Å². The summed E-state index contributed by atoms with van der Waals surface area (Å²) >= 11 is 1.44. The van der Waals surface area contributed by atoms with Crippen molar-refractivity contribution in [2.75, 3.05) is 7.11 Å². The second kappa shape index (κ2) is 6.97. The van der Waals surface area contributed by atoms with Gasteiger partial charge in [-0.25, -0.2) is 9.78 Å². The molecule has 0 saturated heterocycles. The molecule has 1 aromatic heterocycles. The number of benzene rings is 1. The zero-order valence-corrected chi connectivity index (χ0v) is 13.2. The number of thiazole rings is 1. The summed E-state index contributed by atoms with van der Waals surface area (Å²) in [6, 6.07) is 3.43. The van der Waals surface area contributed by atoms with Crippen LogP contribution in [-0.2, 0) is 11.3 Å². The van der Waals surface area contributed by atoms with E-state index in [4.69, 9.17) is 0 Å². The quantitative estimate of drug-likeness (QED) is 0.508. The van der Waals surface area contributed by atoms with Crippen LogP contribution in [0.15, 0.2) is 24.4 Å². The molecule has 1 heterocycles. The maximum absolute atomic E-state index is 12.2. The van der Waals surface area contributed by atoms with Crippen molar-refractivity contribution < 1.29 is 19.2 Å². The van der Waals surface area contributed by atoms with Gasteiger partial charge in [-0.3, -0.25) is 14.9 Å². The summed E-state index contributed by atoms with van der Waals surface area (Å²) in [4.78, 5) is 38.9. The van der Waals surface area contributed by atoms with Gasteiger partial charge in [-0.15, -0.1) is 11.3 Å². The van der Waals surface area contributed by atoms with Crippen LogP contribution >= 0.6 is 11.3 Å². The fourth-order valence-corrected chi connectivity index (χ4v) is 2.57. The minimum atomic E-state index is -0.749. The number of amides is 1. The number of nitrogens with one attached hydrogen (secondary N) is 1. The van der Waals surface area contributed by atoms with Crippen molar-refractivity contribution in [3.05, 3.63) is 55.5 Å². The first kappa shape index (κ1) is 16.6. The molecular formula is C14H13N3O5S. The van der Waals surface area contributed by atoms with Crippen molar-refractivity contribution in [1.82, 2.24) is 10.3 Å². The van der Waals surface area contributed by atoms with Crippen molar-refractivity contribution in [2.24, 2.45) is 0 Å². The summed E-state index contributed by atoms with van der Waals surface area (Å²) in [5, 5.41) is 14.4. The lowest BCUT2D eigenvalue weighted by molar-refractivity contribution is -0.384. The highest BCUT2D eigenvalue weighted by molar-refractivity contribution is 7.11. The van der Waals surface area contributed by atoms with Crippen LogP contribution in [0.2, 0.25) is 0 Å². The van der Waals surface area contributed by atoms with Crippen LogP contribution in [0.25, 0.3) is 0 Å². The molecule has 0 aliphatic rings. The number of nitrogens with zero attached hydrogens (tertiary/aromatic N) is 2. The lowest BCUT2D eigenvalue weighted by Crippen LogP contribution is -2.23. The predicted octanol–water partition coefficient (Wildman–Crippen LogP) is 2.08. The number of nitro benzene ring substituents is 1. The van der Waals surface area contributed by atoms with E-state index in [0.29, 0.717) is 0 Å². The van der Waals surface area contributed by atoms with E-state index in [0.717, 1.165) is 29.1 Å². The molecule has 9 heteroatoms. The Labute approximate surface area is 135 Å². The number of aryl methyl sites for hydroxylation is 1. The number of hydrogen-bond donors (Lipinski definition) is 1. The van der Waals surface area contributed by atoms with Crippen LogP contribution in [0.4, 0.5) is 5.69 Å². The maximum atomic E-state index is 12.2. The maximum Gasteiger partial charge on any atom is 0.338 e. The van der Waals surface area contributed by atoms with Crippen molar-refractivity contribution in [3.8, 4) is 0 Å². The van der Waals surface area contributed by atoms with E-state index in [1.807, 2.05) is 6.92 Å². The number of ether oxygens (including phenoxy) is 1. The van der Waals surface area contributed by atoms with Gasteiger partial charge in [-0.1, -0.05) is 0 Å². The topological polar surface area (TPSA) is 111 Å². The van der Waals surface area contributed by atoms with E-state index in [2.05, 4.69) is 15.0 Å². The van der Waals surface area contributed by atoms with Crippen LogP contribution in [0, 0.1) is 17.0 Å². The molecule has 0 spiro atoms. The Morgan fingerprint density at radius 3 is 2.61 bits per heavy atom. The zero-order valence-electron chi connectivity index (χ0n) is 12.4. The molecule has 120 valence electrons. The van der Waals surface area contributed by atoms with Gasteiger partial charge in [0.25, 0.3) is 11.6 Å². The molecule has 8 nitrogen and oxygen atoms in total. The number of aromatic nitrogens is 1. The third-order valence-electron chi connectivity index (χ3n) is 2.90. The number of non-ortho nitro benzene ring substituents is 1. The highest BCUT2D eigenvalue weighted by Crippen LogP contribution is 2.18. The first-order valence-corrected chi connectivity index (χ1v) is 7.29. The van der Waals surface area contributed by atoms with Gasteiger partial charge in [0.1, 0.15) is 0 Å². The van der Waals surface area contributed by atoms with Crippen LogP contribution in [0.3, 0.4) is 0 Å². The third kappa shape index (κ3) is 4.10. The predicted molar refractivity (Wildman–Crippen MR) is 82.5 cm³/mol. The highest BCUT2D eigenvalue weighted by Gasteiger charge is 2.18. The van der Waals surface area contributed by atoms with Crippen LogP contribution in [0.1, 0.15) is 30.6 Å². The summed E-state index contributed by atoms with van der Waals surface area (Å²) in [6.45, 7) is 2.10. The number of carbonyl (C=O) groups excluding carboxylic acids is 2. The normalized spacial score (nSPS) is 10.2. The number of carbonyl (C=O) groups is 2. The fraction of sp³-hybridized carbons (Fsp3) is 0.214. The van der Waals surface area contributed by atoms with Crippen LogP contribution in [0.5, 0.6) is 0 Å². The van der Waals surface area contributed by atoms with E-state index < -0.39 is 16.8 Å². The van der Waals surface area contributed by atoms with Crippen molar-refractivity contribution in [1.29, 1.82) is 0 Å². The Hall–Kier alpha value is -2.81. The number of nitro groups is 1. The van der Waals surface area contributed by atoms with Gasteiger partial charge in [-0.05, 0) is 13.0 Å². The molecule has 0 saturated carbocycles. The molecule has 2 rings (SSSR count). The lowest BCUT2D eigenvalue weighted by atomic mass is 10.1. The van der Waals surface area contributed by atoms with Crippen LogP contribution < -0.4 is 5.32 Å². The average molecular weight is 335 g/mol. The van der Waals surface area contributed by atoms with Gasteiger partial charge in [0, 0.05) is 28.8 Å². The highest BCUT2D eigenvalue weighted by atomic mass is 32.1. The molecule has 23 heavy (non-hydrogen) atoms. The molecule has 0 radical (unpaired) electrons. The molecule has 2 aromatic rings. The average Bonchev–Trinajstić information content (AvgIpc) is 2.96. The first-order valence-electron chi connectivity index (χ1n) is 6.48. The minimum absolute atomic E-state index is 0.0147. The molecule has 0 atom stereocenters. The Morgan fingerprint density at radius 2 is 2.04 bits per heavy atom. The van der Waals surface area contributed by atoms with E-state index in [1.54, 1.807) is 6.20 Å². The second-order valence-corrected chi connectivity index (χ2v) is 5.86. The van der Waals surface area contributed by atoms with Gasteiger partial charge in [-0.2, -0.15) is 0 Å². The largest absolute Gasteiger partial charge is 0.465 e. The Morgan fingerprint density at radius 1 is 1.35 bits per heavy atom. The van der Waals surface area contributed by atoms with Crippen molar-refractivity contribution >= 4 is 28.9 Å². The van der Waals surface area contributed by atoms with E-state index in [1.165, 1.54) is 17.4 Å². The minimum Gasteiger partial charge on any atom is -0.465 e. The number of methoxy groups -OCH3 is 1. The Balaban J connectivity index is 2.22. The van der Waals surface area contributed by atoms with Crippen LogP contribution in [-0.4, -0.2) is 28.9 Å². The molecule has 0 unspecified atom stereocenters. The fourth-order valence-electron chi connectivity index (χ4n) is 1.84. The lowest BCUT2D eigenvalue weighted by Gasteiger charge is -2.06. The van der Waals surface area contributed by atoms with E-state index in [-0.39, 0.29) is 23.4 Å². The number of rotatable bonds is 5. The Kier molecular flexibility index (Phi) is 5.02. The number of hydrogen-bond acceptors (Lipinski definition) is 7. The third-order valence-corrected chi connectivity index (χ3v) is 3.82. The molecule has 0 bridgehead atoms. The van der Waals surface area contributed by atoms with Crippen molar-refractivity contribution in [3.63, 3.8) is 0 Å². The molecule has 0 fully saturated rings. The van der Waals surface area contributed by atoms with Gasteiger partial charge in [0.2, 0.25) is 0 Å². The summed E-state index contributed by atoms with van der Waals surface area (Å²) in [5.74, 6) is -1.27. The number of esters is 1. The van der Waals surface area contributed by atoms with Gasteiger partial charge in [0.15, 0.2) is 0 Å². The summed E-state index contributed by atoms with van der Waals surface area (Å²) < 4.78 is 4.54. The van der Waals surface area contributed by atoms with Crippen molar-refractivity contribution in [2.45, 2.75) is 13.5 Å². The molecular weight excluding hydrogens is 322 g/mol. The molecule has 1 aromatic carbocycles. The monoisotopic (exact) mass is 335 g/mol. The van der Waals surface area contributed by atoms with E-state index >= 15 is 0 Å². The first-order chi connectivity index (χ1) is 10.9. The summed E-state index contributed by atoms with van der Waals surface area (Å²) in [5.41, 5.74) is -0.395. The molecule has 0 aliphatic heterocycles. The summed E-state index contributed by atoms with van der Waals surface area (Å²) in [6.07, 6.45) is 1.65. The summed E-state index contributed by atoms with van der Waals surface area (Å²) in [7, 11) is 1.16. The second-order valence-electron chi connectivity index (χ2n) is 4.55. The zero-order chi connectivity index (χ0) is 17.0. The van der Waals surface area contributed by atoms with Gasteiger partial charge < -0.3 is 10.1 Å². The molecule has 1 amide bonds. The van der Waals surface area contributed by atoms with Gasteiger partial charge >= 0.3 is 5.97 Å². The molecule has 1 N–H and O–H groups in total. The molecule has 0 aliphatic carbocycles. The SMILES string of the molecule is COC(=O)c1cc(C(=O)NCc2cnc(C)s2)cc([N+](=O)[O-])c1. The smallest absolute Gasteiger partial charge is 0.338 e. The Bertz CT molecular complexity index is 772.